The van der Waals surface area contributed by atoms with Crippen molar-refractivity contribution in [1.29, 1.82) is 0 Å². The average molecular weight is 423 g/mol. The predicted molar refractivity (Wildman–Crippen MR) is 120 cm³/mol. The molecule has 2 aromatic carbocycles. The molecule has 6 heteroatoms. The molecule has 1 saturated heterocycles. The van der Waals surface area contributed by atoms with E-state index in [-0.39, 0.29) is 11.9 Å². The number of halogens is 1. The van der Waals surface area contributed by atoms with Crippen LogP contribution in [0.2, 0.25) is 5.02 Å². The second-order valence-electron chi connectivity index (χ2n) is 7.97. The zero-order valence-electron chi connectivity index (χ0n) is 17.4. The minimum absolute atomic E-state index is 0.0398. The van der Waals surface area contributed by atoms with Gasteiger partial charge in [-0.25, -0.2) is 0 Å². The number of aromatic nitrogens is 2. The number of amides is 1. The maximum atomic E-state index is 13.0. The van der Waals surface area contributed by atoms with E-state index in [9.17, 15) is 4.79 Å². The average Bonchev–Trinajstić information content (AvgIpc) is 3.27. The van der Waals surface area contributed by atoms with Crippen LogP contribution in [0.3, 0.4) is 0 Å². The fourth-order valence-corrected chi connectivity index (χ4v) is 4.36. The first-order valence-electron chi connectivity index (χ1n) is 10.4. The van der Waals surface area contributed by atoms with Crippen LogP contribution in [0.4, 0.5) is 0 Å². The van der Waals surface area contributed by atoms with Crippen LogP contribution in [0.15, 0.2) is 54.6 Å². The molecule has 4 rings (SSSR count). The lowest BCUT2D eigenvalue weighted by atomic mass is 10.1. The Morgan fingerprint density at radius 1 is 1.10 bits per heavy atom. The molecule has 0 aliphatic carbocycles. The molecule has 0 bridgehead atoms. The summed E-state index contributed by atoms with van der Waals surface area (Å²) in [5, 5.41) is 8.53. The molecule has 5 nitrogen and oxygen atoms in total. The SMILES string of the molecule is Cc1nn(Cc2ccccc2Cl)c(C)c1C(=O)N[C@H]1CCN(Cc2ccccc2)C1. The van der Waals surface area contributed by atoms with Crippen LogP contribution in [0, 0.1) is 13.8 Å². The number of rotatable bonds is 6. The van der Waals surface area contributed by atoms with Crippen LogP contribution in [-0.2, 0) is 13.1 Å². The lowest BCUT2D eigenvalue weighted by Gasteiger charge is -2.17. The zero-order valence-corrected chi connectivity index (χ0v) is 18.2. The molecule has 1 fully saturated rings. The number of hydrogen-bond acceptors (Lipinski definition) is 3. The molecule has 1 N–H and O–H groups in total. The van der Waals surface area contributed by atoms with E-state index in [4.69, 9.17) is 11.6 Å². The highest BCUT2D eigenvalue weighted by Gasteiger charge is 2.26. The summed E-state index contributed by atoms with van der Waals surface area (Å²) in [5.41, 5.74) is 4.57. The molecule has 1 aromatic heterocycles. The van der Waals surface area contributed by atoms with Gasteiger partial charge in [-0.2, -0.15) is 5.10 Å². The smallest absolute Gasteiger partial charge is 0.255 e. The van der Waals surface area contributed by atoms with Gasteiger partial charge in [-0.1, -0.05) is 60.1 Å². The summed E-state index contributed by atoms with van der Waals surface area (Å²) in [7, 11) is 0. The molecular formula is C24H27ClN4O. The molecule has 2 heterocycles. The summed E-state index contributed by atoms with van der Waals surface area (Å²) >= 11 is 6.30. The second-order valence-corrected chi connectivity index (χ2v) is 8.38. The van der Waals surface area contributed by atoms with Crippen LogP contribution >= 0.6 is 11.6 Å². The quantitative estimate of drug-likeness (QED) is 0.647. The van der Waals surface area contributed by atoms with E-state index < -0.39 is 0 Å². The monoisotopic (exact) mass is 422 g/mol. The summed E-state index contributed by atoms with van der Waals surface area (Å²) < 4.78 is 1.86. The maximum Gasteiger partial charge on any atom is 0.255 e. The Labute approximate surface area is 182 Å². The first-order valence-corrected chi connectivity index (χ1v) is 10.7. The number of likely N-dealkylation sites (tertiary alicyclic amines) is 1. The van der Waals surface area contributed by atoms with E-state index in [0.29, 0.717) is 17.1 Å². The van der Waals surface area contributed by atoms with Crippen molar-refractivity contribution in [2.45, 2.75) is 39.4 Å². The van der Waals surface area contributed by atoms with Crippen LogP contribution < -0.4 is 5.32 Å². The van der Waals surface area contributed by atoms with Crippen molar-refractivity contribution in [2.75, 3.05) is 13.1 Å². The third-order valence-corrected chi connectivity index (χ3v) is 6.11. The lowest BCUT2D eigenvalue weighted by Crippen LogP contribution is -2.37. The molecule has 3 aromatic rings. The normalized spacial score (nSPS) is 16.7. The topological polar surface area (TPSA) is 50.2 Å². The summed E-state index contributed by atoms with van der Waals surface area (Å²) in [6, 6.07) is 18.3. The standard InChI is InChI=1S/C24H27ClN4O/c1-17-23(18(2)29(27-17)15-20-10-6-7-11-22(20)25)24(30)26-21-12-13-28(16-21)14-19-8-4-3-5-9-19/h3-11,21H,12-16H2,1-2H3,(H,26,30)/t21-/m0/s1. The molecular weight excluding hydrogens is 396 g/mol. The number of aryl methyl sites for hydroxylation is 1. The third-order valence-electron chi connectivity index (χ3n) is 5.74. The highest BCUT2D eigenvalue weighted by molar-refractivity contribution is 6.31. The summed E-state index contributed by atoms with van der Waals surface area (Å²) in [6.45, 7) is 7.16. The Bertz CT molecular complexity index is 1030. The number of hydrogen-bond donors (Lipinski definition) is 1. The van der Waals surface area contributed by atoms with Crippen molar-refractivity contribution >= 4 is 17.5 Å². The number of carbonyl (C=O) groups excluding carboxylic acids is 1. The van der Waals surface area contributed by atoms with E-state index in [1.165, 1.54) is 5.56 Å². The van der Waals surface area contributed by atoms with Gasteiger partial charge in [0.05, 0.1) is 17.8 Å². The highest BCUT2D eigenvalue weighted by Crippen LogP contribution is 2.20. The second kappa shape index (κ2) is 9.02. The minimum atomic E-state index is -0.0398. The van der Waals surface area contributed by atoms with Gasteiger partial charge in [-0.3, -0.25) is 14.4 Å². The Morgan fingerprint density at radius 2 is 1.83 bits per heavy atom. The molecule has 1 aliphatic rings. The number of nitrogens with zero attached hydrogens (tertiary/aromatic N) is 3. The van der Waals surface area contributed by atoms with E-state index >= 15 is 0 Å². The lowest BCUT2D eigenvalue weighted by molar-refractivity contribution is 0.0936. The molecule has 0 saturated carbocycles. The molecule has 1 amide bonds. The van der Waals surface area contributed by atoms with Gasteiger partial charge in [0.15, 0.2) is 0 Å². The van der Waals surface area contributed by atoms with E-state index in [0.717, 1.165) is 43.0 Å². The van der Waals surface area contributed by atoms with E-state index in [1.54, 1.807) is 0 Å². The zero-order chi connectivity index (χ0) is 21.1. The van der Waals surface area contributed by atoms with Crippen molar-refractivity contribution in [3.8, 4) is 0 Å². The van der Waals surface area contributed by atoms with Gasteiger partial charge in [-0.15, -0.1) is 0 Å². The van der Waals surface area contributed by atoms with Gasteiger partial charge >= 0.3 is 0 Å². The largest absolute Gasteiger partial charge is 0.348 e. The van der Waals surface area contributed by atoms with Crippen LogP contribution in [0.5, 0.6) is 0 Å². The van der Waals surface area contributed by atoms with Gasteiger partial charge in [0.1, 0.15) is 0 Å². The van der Waals surface area contributed by atoms with Gasteiger partial charge in [0.2, 0.25) is 0 Å². The summed E-state index contributed by atoms with van der Waals surface area (Å²) in [4.78, 5) is 15.4. The Kier molecular flexibility index (Phi) is 6.21. The number of carbonyl (C=O) groups is 1. The molecule has 1 aliphatic heterocycles. The van der Waals surface area contributed by atoms with Crippen molar-refractivity contribution in [2.24, 2.45) is 0 Å². The van der Waals surface area contributed by atoms with Crippen LogP contribution in [0.1, 0.15) is 39.3 Å². The van der Waals surface area contributed by atoms with E-state index in [2.05, 4.69) is 39.6 Å². The van der Waals surface area contributed by atoms with Gasteiger partial charge in [-0.05, 0) is 37.5 Å². The Balaban J connectivity index is 1.40. The Hall–Kier alpha value is -2.63. The summed E-state index contributed by atoms with van der Waals surface area (Å²) in [5.74, 6) is -0.0398. The molecule has 0 radical (unpaired) electrons. The fourth-order valence-electron chi connectivity index (χ4n) is 4.16. The van der Waals surface area contributed by atoms with Gasteiger partial charge < -0.3 is 5.32 Å². The third kappa shape index (κ3) is 4.58. The van der Waals surface area contributed by atoms with Gasteiger partial charge in [0.25, 0.3) is 5.91 Å². The van der Waals surface area contributed by atoms with E-state index in [1.807, 2.05) is 48.9 Å². The minimum Gasteiger partial charge on any atom is -0.348 e. The van der Waals surface area contributed by atoms with Gasteiger partial charge in [0, 0.05) is 36.4 Å². The molecule has 0 unspecified atom stereocenters. The molecule has 0 spiro atoms. The molecule has 156 valence electrons. The van der Waals surface area contributed by atoms with Crippen molar-refractivity contribution < 1.29 is 4.79 Å². The van der Waals surface area contributed by atoms with Crippen LogP contribution in [-0.4, -0.2) is 39.7 Å². The predicted octanol–water partition coefficient (Wildman–Crippen LogP) is 4.21. The number of nitrogens with one attached hydrogen (secondary N) is 1. The van der Waals surface area contributed by atoms with Crippen molar-refractivity contribution in [1.82, 2.24) is 20.0 Å². The summed E-state index contributed by atoms with van der Waals surface area (Å²) in [6.07, 6.45) is 0.963. The molecule has 1 atom stereocenters. The maximum absolute atomic E-state index is 13.0. The highest BCUT2D eigenvalue weighted by atomic mass is 35.5. The van der Waals surface area contributed by atoms with Crippen molar-refractivity contribution in [3.05, 3.63) is 87.7 Å². The van der Waals surface area contributed by atoms with Crippen LogP contribution in [0.25, 0.3) is 0 Å². The first-order chi connectivity index (χ1) is 14.5. The first kappa shape index (κ1) is 20.6. The Morgan fingerprint density at radius 3 is 2.60 bits per heavy atom. The number of benzene rings is 2. The van der Waals surface area contributed by atoms with Crippen molar-refractivity contribution in [3.63, 3.8) is 0 Å². The molecule has 30 heavy (non-hydrogen) atoms. The fraction of sp³-hybridized carbons (Fsp3) is 0.333.